The highest BCUT2D eigenvalue weighted by Gasteiger charge is 1.93. The molecule has 0 radical (unpaired) electrons. The van der Waals surface area contributed by atoms with E-state index in [1.54, 1.807) is 6.08 Å². The monoisotopic (exact) mass is 194 g/mol. The molecule has 15 heavy (non-hydrogen) atoms. The van der Waals surface area contributed by atoms with E-state index >= 15 is 0 Å². The van der Waals surface area contributed by atoms with Crippen LogP contribution < -0.4 is 0 Å². The Morgan fingerprint density at radius 2 is 1.80 bits per heavy atom. The van der Waals surface area contributed by atoms with Crippen molar-refractivity contribution in [2.45, 2.75) is 6.42 Å². The normalized spacial score (nSPS) is 10.9. The van der Waals surface area contributed by atoms with E-state index in [0.29, 0.717) is 0 Å². The van der Waals surface area contributed by atoms with Crippen molar-refractivity contribution < 1.29 is 0 Å². The SMILES string of the molecule is C=C/C=C\Cc1ccc2ccccc2c1. The number of fused-ring (bicyclic) bond motifs is 1. The third kappa shape index (κ3) is 2.35. The van der Waals surface area contributed by atoms with Gasteiger partial charge in [0.25, 0.3) is 0 Å². The van der Waals surface area contributed by atoms with Crippen LogP contribution in [0.1, 0.15) is 5.56 Å². The number of benzene rings is 2. The maximum Gasteiger partial charge on any atom is -0.00941 e. The van der Waals surface area contributed by atoms with E-state index in [1.807, 2.05) is 6.08 Å². The van der Waals surface area contributed by atoms with Gasteiger partial charge in [-0.3, -0.25) is 0 Å². The van der Waals surface area contributed by atoms with Crippen LogP contribution in [0.2, 0.25) is 0 Å². The van der Waals surface area contributed by atoms with E-state index in [0.717, 1.165) is 6.42 Å². The predicted molar refractivity (Wildman–Crippen MR) is 67.0 cm³/mol. The molecule has 0 fully saturated rings. The van der Waals surface area contributed by atoms with Gasteiger partial charge in [0.2, 0.25) is 0 Å². The third-order valence-corrected chi connectivity index (χ3v) is 2.44. The van der Waals surface area contributed by atoms with Crippen molar-refractivity contribution in [3.8, 4) is 0 Å². The van der Waals surface area contributed by atoms with Crippen molar-refractivity contribution in [2.75, 3.05) is 0 Å². The molecule has 0 N–H and O–H groups in total. The highest BCUT2D eigenvalue weighted by atomic mass is 14.0. The molecule has 0 heterocycles. The van der Waals surface area contributed by atoms with Crippen LogP contribution in [0.5, 0.6) is 0 Å². The van der Waals surface area contributed by atoms with Crippen molar-refractivity contribution in [3.05, 3.63) is 72.8 Å². The molecule has 0 amide bonds. The van der Waals surface area contributed by atoms with Crippen LogP contribution in [0, 0.1) is 0 Å². The molecule has 0 atom stereocenters. The summed E-state index contributed by atoms with van der Waals surface area (Å²) in [5.41, 5.74) is 1.34. The topological polar surface area (TPSA) is 0 Å². The van der Waals surface area contributed by atoms with Gasteiger partial charge in [0, 0.05) is 0 Å². The number of hydrogen-bond acceptors (Lipinski definition) is 0. The number of allylic oxidation sites excluding steroid dienone is 3. The molecule has 0 saturated carbocycles. The molecule has 2 rings (SSSR count). The molecule has 0 heteroatoms. The maximum absolute atomic E-state index is 3.65. The van der Waals surface area contributed by atoms with E-state index in [1.165, 1.54) is 16.3 Å². The molecule has 2 aromatic rings. The molecule has 0 bridgehead atoms. The Labute approximate surface area is 90.6 Å². The number of rotatable bonds is 3. The average molecular weight is 194 g/mol. The highest BCUT2D eigenvalue weighted by Crippen LogP contribution is 2.15. The van der Waals surface area contributed by atoms with Crippen molar-refractivity contribution in [1.82, 2.24) is 0 Å². The quantitative estimate of drug-likeness (QED) is 0.644. The molecule has 74 valence electrons. The van der Waals surface area contributed by atoms with Gasteiger partial charge in [-0.05, 0) is 22.8 Å². The first-order valence-corrected chi connectivity index (χ1v) is 5.15. The van der Waals surface area contributed by atoms with Gasteiger partial charge in [0.1, 0.15) is 0 Å². The van der Waals surface area contributed by atoms with Crippen LogP contribution in [0.15, 0.2) is 67.3 Å². The fraction of sp³-hybridized carbons (Fsp3) is 0.0667. The summed E-state index contributed by atoms with van der Waals surface area (Å²) < 4.78 is 0. The van der Waals surface area contributed by atoms with E-state index in [2.05, 4.69) is 55.1 Å². The predicted octanol–water partition coefficient (Wildman–Crippen LogP) is 4.12. The van der Waals surface area contributed by atoms with Crippen LogP contribution >= 0.6 is 0 Å². The molecular weight excluding hydrogens is 180 g/mol. The lowest BCUT2D eigenvalue weighted by Gasteiger charge is -2.00. The second kappa shape index (κ2) is 4.61. The molecule has 0 aliphatic rings. The standard InChI is InChI=1S/C15H14/c1-2-3-4-7-13-10-11-14-8-5-6-9-15(14)12-13/h2-6,8-12H,1,7H2/b4-3-. The molecule has 0 aliphatic heterocycles. The number of hydrogen-bond donors (Lipinski definition) is 0. The van der Waals surface area contributed by atoms with Gasteiger partial charge in [-0.1, -0.05) is 67.3 Å². The molecule has 2 aromatic carbocycles. The average Bonchev–Trinajstić information content (AvgIpc) is 2.29. The summed E-state index contributed by atoms with van der Waals surface area (Å²) in [5.74, 6) is 0. The molecule has 0 aromatic heterocycles. The van der Waals surface area contributed by atoms with E-state index in [-0.39, 0.29) is 0 Å². The fourth-order valence-electron chi connectivity index (χ4n) is 1.67. The summed E-state index contributed by atoms with van der Waals surface area (Å²) in [5, 5.41) is 2.61. The Morgan fingerprint density at radius 1 is 1.00 bits per heavy atom. The maximum atomic E-state index is 3.65. The highest BCUT2D eigenvalue weighted by molar-refractivity contribution is 5.83. The summed E-state index contributed by atoms with van der Waals surface area (Å²) in [6.07, 6.45) is 6.88. The third-order valence-electron chi connectivity index (χ3n) is 2.44. The molecule has 0 unspecified atom stereocenters. The first-order valence-electron chi connectivity index (χ1n) is 5.15. The van der Waals surface area contributed by atoms with E-state index < -0.39 is 0 Å². The first-order chi connectivity index (χ1) is 7.40. The summed E-state index contributed by atoms with van der Waals surface area (Å²) in [4.78, 5) is 0. The van der Waals surface area contributed by atoms with Crippen LogP contribution in [0.3, 0.4) is 0 Å². The summed E-state index contributed by atoms with van der Waals surface area (Å²) in [6, 6.07) is 15.0. The minimum atomic E-state index is 0.969. The van der Waals surface area contributed by atoms with Crippen LogP contribution in [-0.4, -0.2) is 0 Å². The van der Waals surface area contributed by atoms with Crippen LogP contribution in [0.4, 0.5) is 0 Å². The zero-order valence-electron chi connectivity index (χ0n) is 8.69. The summed E-state index contributed by atoms with van der Waals surface area (Å²) in [7, 11) is 0. The lowest BCUT2D eigenvalue weighted by atomic mass is 10.1. The Balaban J connectivity index is 2.30. The molecule has 0 spiro atoms. The van der Waals surface area contributed by atoms with Gasteiger partial charge in [-0.2, -0.15) is 0 Å². The smallest absolute Gasteiger partial charge is 0.00941 e. The van der Waals surface area contributed by atoms with E-state index in [4.69, 9.17) is 0 Å². The second-order valence-corrected chi connectivity index (χ2v) is 3.55. The zero-order valence-corrected chi connectivity index (χ0v) is 8.69. The largest absolute Gasteiger partial charge is 0.0991 e. The first kappa shape index (κ1) is 9.72. The van der Waals surface area contributed by atoms with Gasteiger partial charge >= 0.3 is 0 Å². The molecular formula is C15H14. The Bertz CT molecular complexity index is 492. The lowest BCUT2D eigenvalue weighted by Crippen LogP contribution is -1.81. The second-order valence-electron chi connectivity index (χ2n) is 3.55. The lowest BCUT2D eigenvalue weighted by molar-refractivity contribution is 1.28. The van der Waals surface area contributed by atoms with Gasteiger partial charge in [-0.15, -0.1) is 0 Å². The summed E-state index contributed by atoms with van der Waals surface area (Å²) >= 11 is 0. The molecule has 0 saturated heterocycles. The van der Waals surface area contributed by atoms with Gasteiger partial charge in [-0.25, -0.2) is 0 Å². The Kier molecular flexibility index (Phi) is 2.99. The van der Waals surface area contributed by atoms with Gasteiger partial charge < -0.3 is 0 Å². The zero-order chi connectivity index (χ0) is 10.5. The van der Waals surface area contributed by atoms with Crippen LogP contribution in [-0.2, 0) is 6.42 Å². The molecule has 0 aliphatic carbocycles. The Morgan fingerprint density at radius 3 is 2.60 bits per heavy atom. The van der Waals surface area contributed by atoms with Crippen molar-refractivity contribution in [2.24, 2.45) is 0 Å². The molecule has 0 nitrogen and oxygen atoms in total. The van der Waals surface area contributed by atoms with Crippen molar-refractivity contribution in [3.63, 3.8) is 0 Å². The van der Waals surface area contributed by atoms with Crippen molar-refractivity contribution >= 4 is 10.8 Å². The fourth-order valence-corrected chi connectivity index (χ4v) is 1.67. The minimum absolute atomic E-state index is 0.969. The Hall–Kier alpha value is -1.82. The minimum Gasteiger partial charge on any atom is -0.0991 e. The van der Waals surface area contributed by atoms with Gasteiger partial charge in [0.05, 0.1) is 0 Å². The van der Waals surface area contributed by atoms with E-state index in [9.17, 15) is 0 Å². The van der Waals surface area contributed by atoms with Crippen molar-refractivity contribution in [1.29, 1.82) is 0 Å². The van der Waals surface area contributed by atoms with Crippen LogP contribution in [0.25, 0.3) is 10.8 Å². The van der Waals surface area contributed by atoms with Gasteiger partial charge in [0.15, 0.2) is 0 Å². The summed E-state index contributed by atoms with van der Waals surface area (Å²) in [6.45, 7) is 3.65.